The maximum absolute atomic E-state index is 11.6. The number of rotatable bonds is 7. The Kier molecular flexibility index (Phi) is 5.90. The lowest BCUT2D eigenvalue weighted by Gasteiger charge is -2.09. The highest BCUT2D eigenvalue weighted by Crippen LogP contribution is 2.24. The first-order valence-corrected chi connectivity index (χ1v) is 9.25. The van der Waals surface area contributed by atoms with Crippen LogP contribution in [0.2, 0.25) is 0 Å². The van der Waals surface area contributed by atoms with E-state index in [4.69, 9.17) is 4.74 Å². The summed E-state index contributed by atoms with van der Waals surface area (Å²) >= 11 is 1.03. The number of ether oxygens (including phenoxy) is 1. The molecular formula is C19H20N2O4S. The molecule has 3 rings (SSSR count). The van der Waals surface area contributed by atoms with Crippen molar-refractivity contribution < 1.29 is 19.4 Å². The summed E-state index contributed by atoms with van der Waals surface area (Å²) in [5, 5.41) is 11.1. The van der Waals surface area contributed by atoms with Crippen molar-refractivity contribution >= 4 is 22.9 Å². The van der Waals surface area contributed by atoms with E-state index in [0.29, 0.717) is 19.4 Å². The van der Waals surface area contributed by atoms with Gasteiger partial charge in [-0.3, -0.25) is 19.9 Å². The van der Waals surface area contributed by atoms with Gasteiger partial charge in [0.1, 0.15) is 5.75 Å². The van der Waals surface area contributed by atoms with E-state index in [0.717, 1.165) is 34.3 Å². The van der Waals surface area contributed by atoms with E-state index in [-0.39, 0.29) is 16.4 Å². The lowest BCUT2D eigenvalue weighted by molar-refractivity contribution is -0.118. The SMILES string of the molecule is C[C@@H](O)c1ccc(CCOc2ccc(C[C@H]3SC(=O)NC3=O)cc2)nc1. The van der Waals surface area contributed by atoms with Crippen LogP contribution in [0, 0.1) is 0 Å². The van der Waals surface area contributed by atoms with Crippen LogP contribution in [0.4, 0.5) is 4.79 Å². The fourth-order valence-corrected chi connectivity index (χ4v) is 3.43. The van der Waals surface area contributed by atoms with Crippen molar-refractivity contribution in [2.24, 2.45) is 0 Å². The largest absolute Gasteiger partial charge is 0.493 e. The van der Waals surface area contributed by atoms with Crippen LogP contribution in [0.1, 0.15) is 29.8 Å². The number of imide groups is 1. The Morgan fingerprint density at radius 3 is 2.58 bits per heavy atom. The number of nitrogens with zero attached hydrogens (tertiary/aromatic N) is 1. The summed E-state index contributed by atoms with van der Waals surface area (Å²) in [7, 11) is 0. The van der Waals surface area contributed by atoms with Crippen molar-refractivity contribution in [2.45, 2.75) is 31.1 Å². The minimum Gasteiger partial charge on any atom is -0.493 e. The minimum atomic E-state index is -0.516. The fraction of sp³-hybridized carbons (Fsp3) is 0.316. The molecule has 2 aromatic rings. The molecule has 2 N–H and O–H groups in total. The third-order valence-electron chi connectivity index (χ3n) is 4.07. The summed E-state index contributed by atoms with van der Waals surface area (Å²) in [6, 6.07) is 11.3. The fourth-order valence-electron chi connectivity index (χ4n) is 2.57. The summed E-state index contributed by atoms with van der Waals surface area (Å²) in [6.07, 6.45) is 2.35. The van der Waals surface area contributed by atoms with Gasteiger partial charge in [0, 0.05) is 18.3 Å². The molecule has 0 bridgehead atoms. The molecule has 0 saturated carbocycles. The van der Waals surface area contributed by atoms with Gasteiger partial charge in [0.25, 0.3) is 5.24 Å². The number of benzene rings is 1. The number of amides is 2. The summed E-state index contributed by atoms with van der Waals surface area (Å²) < 4.78 is 5.72. The predicted molar refractivity (Wildman–Crippen MR) is 99.1 cm³/mol. The molecule has 26 heavy (non-hydrogen) atoms. The van der Waals surface area contributed by atoms with E-state index in [1.165, 1.54) is 0 Å². The molecule has 7 heteroatoms. The smallest absolute Gasteiger partial charge is 0.286 e. The van der Waals surface area contributed by atoms with Gasteiger partial charge in [0.15, 0.2) is 0 Å². The summed E-state index contributed by atoms with van der Waals surface area (Å²) in [5.41, 5.74) is 2.68. The van der Waals surface area contributed by atoms with Gasteiger partial charge in [-0.05, 0) is 42.7 Å². The lowest BCUT2D eigenvalue weighted by Crippen LogP contribution is -2.25. The van der Waals surface area contributed by atoms with Crippen LogP contribution in [0.5, 0.6) is 5.75 Å². The van der Waals surface area contributed by atoms with Gasteiger partial charge in [-0.25, -0.2) is 0 Å². The van der Waals surface area contributed by atoms with Crippen LogP contribution in [0.3, 0.4) is 0 Å². The number of hydrogen-bond donors (Lipinski definition) is 2. The number of aliphatic hydroxyl groups is 1. The Labute approximate surface area is 156 Å². The average molecular weight is 372 g/mol. The number of pyridine rings is 1. The van der Waals surface area contributed by atoms with Crippen molar-refractivity contribution in [3.05, 3.63) is 59.4 Å². The molecule has 1 fully saturated rings. The van der Waals surface area contributed by atoms with E-state index < -0.39 is 6.10 Å². The van der Waals surface area contributed by atoms with Crippen LogP contribution < -0.4 is 10.1 Å². The van der Waals surface area contributed by atoms with Crippen LogP contribution in [0.25, 0.3) is 0 Å². The second-order valence-corrected chi connectivity index (χ2v) is 7.26. The molecule has 0 radical (unpaired) electrons. The first-order chi connectivity index (χ1) is 12.5. The molecule has 6 nitrogen and oxygen atoms in total. The highest BCUT2D eigenvalue weighted by Gasteiger charge is 2.31. The number of hydrogen-bond acceptors (Lipinski definition) is 6. The number of aliphatic hydroxyl groups excluding tert-OH is 1. The van der Waals surface area contributed by atoms with Gasteiger partial charge in [-0.2, -0.15) is 0 Å². The summed E-state index contributed by atoms with van der Waals surface area (Å²) in [4.78, 5) is 27.1. The summed E-state index contributed by atoms with van der Waals surface area (Å²) in [6.45, 7) is 2.20. The average Bonchev–Trinajstić information content (AvgIpc) is 2.94. The molecular weight excluding hydrogens is 352 g/mol. The van der Waals surface area contributed by atoms with Crippen LogP contribution >= 0.6 is 11.8 Å². The Balaban J connectivity index is 1.47. The highest BCUT2D eigenvalue weighted by molar-refractivity contribution is 8.15. The normalized spacial score (nSPS) is 17.8. The number of nitrogens with one attached hydrogen (secondary N) is 1. The second-order valence-electron chi connectivity index (χ2n) is 6.09. The number of carbonyl (C=O) groups excluding carboxylic acids is 2. The van der Waals surface area contributed by atoms with E-state index in [1.807, 2.05) is 36.4 Å². The molecule has 1 saturated heterocycles. The molecule has 1 aliphatic heterocycles. The molecule has 1 aromatic carbocycles. The first kappa shape index (κ1) is 18.4. The third-order valence-corrected chi connectivity index (χ3v) is 5.05. The molecule has 2 atom stereocenters. The molecule has 0 spiro atoms. The van der Waals surface area contributed by atoms with Crippen molar-refractivity contribution in [2.75, 3.05) is 6.61 Å². The number of aromatic nitrogens is 1. The molecule has 136 valence electrons. The maximum Gasteiger partial charge on any atom is 0.286 e. The van der Waals surface area contributed by atoms with E-state index in [9.17, 15) is 14.7 Å². The standard InChI is InChI=1S/C19H20N2O4S/c1-12(22)14-4-5-15(20-11-14)8-9-25-16-6-2-13(3-7-16)10-17-18(23)21-19(24)26-17/h2-7,11-12,17,22H,8-10H2,1H3,(H,21,23,24)/t12-,17-/m1/s1. The maximum atomic E-state index is 11.6. The van der Waals surface area contributed by atoms with Gasteiger partial charge in [-0.15, -0.1) is 0 Å². The number of carbonyl (C=O) groups is 2. The highest BCUT2D eigenvalue weighted by atomic mass is 32.2. The zero-order valence-corrected chi connectivity index (χ0v) is 15.2. The lowest BCUT2D eigenvalue weighted by atomic mass is 10.1. The minimum absolute atomic E-state index is 0.227. The van der Waals surface area contributed by atoms with Gasteiger partial charge >= 0.3 is 0 Å². The Hall–Kier alpha value is -2.38. The Morgan fingerprint density at radius 2 is 2.00 bits per heavy atom. The van der Waals surface area contributed by atoms with E-state index in [2.05, 4.69) is 10.3 Å². The second kappa shape index (κ2) is 8.33. The predicted octanol–water partition coefficient (Wildman–Crippen LogP) is 2.65. The van der Waals surface area contributed by atoms with Crippen LogP contribution in [-0.2, 0) is 17.6 Å². The first-order valence-electron chi connectivity index (χ1n) is 8.37. The number of thioether (sulfide) groups is 1. The topological polar surface area (TPSA) is 88.5 Å². The van der Waals surface area contributed by atoms with Crippen molar-refractivity contribution in [3.63, 3.8) is 0 Å². The third kappa shape index (κ3) is 4.83. The quantitative estimate of drug-likeness (QED) is 0.777. The zero-order chi connectivity index (χ0) is 18.5. The van der Waals surface area contributed by atoms with Gasteiger partial charge in [0.05, 0.1) is 18.0 Å². The van der Waals surface area contributed by atoms with E-state index in [1.54, 1.807) is 13.1 Å². The molecule has 1 aromatic heterocycles. The van der Waals surface area contributed by atoms with Crippen molar-refractivity contribution in [1.82, 2.24) is 10.3 Å². The molecule has 1 aliphatic rings. The van der Waals surface area contributed by atoms with Gasteiger partial charge in [-0.1, -0.05) is 30.0 Å². The molecule has 0 aliphatic carbocycles. The van der Waals surface area contributed by atoms with Crippen molar-refractivity contribution in [1.29, 1.82) is 0 Å². The van der Waals surface area contributed by atoms with Crippen LogP contribution in [0.15, 0.2) is 42.6 Å². The van der Waals surface area contributed by atoms with Crippen LogP contribution in [-0.4, -0.2) is 33.1 Å². The summed E-state index contributed by atoms with van der Waals surface area (Å²) in [5.74, 6) is 0.517. The molecule has 0 unspecified atom stereocenters. The van der Waals surface area contributed by atoms with Gasteiger partial charge < -0.3 is 9.84 Å². The molecule has 2 amide bonds. The van der Waals surface area contributed by atoms with Gasteiger partial charge in [0.2, 0.25) is 5.91 Å². The van der Waals surface area contributed by atoms with E-state index >= 15 is 0 Å². The van der Waals surface area contributed by atoms with Crippen molar-refractivity contribution in [3.8, 4) is 5.75 Å². The Morgan fingerprint density at radius 1 is 1.23 bits per heavy atom. The Bertz CT molecular complexity index is 775. The monoisotopic (exact) mass is 372 g/mol. The molecule has 2 heterocycles. The zero-order valence-electron chi connectivity index (χ0n) is 14.3.